The smallest absolute Gasteiger partial charge is 0.255 e. The van der Waals surface area contributed by atoms with Gasteiger partial charge in [0.15, 0.2) is 0 Å². The van der Waals surface area contributed by atoms with Crippen LogP contribution in [0.1, 0.15) is 34.6 Å². The van der Waals surface area contributed by atoms with Gasteiger partial charge in [0.25, 0.3) is 11.8 Å². The maximum Gasteiger partial charge on any atom is 0.255 e. The predicted molar refractivity (Wildman–Crippen MR) is 101 cm³/mol. The lowest BCUT2D eigenvalue weighted by molar-refractivity contribution is 0.0924. The summed E-state index contributed by atoms with van der Waals surface area (Å²) < 4.78 is 6.49. The number of benzene rings is 2. The predicted octanol–water partition coefficient (Wildman–Crippen LogP) is 3.40. The molecule has 0 saturated heterocycles. The number of nitrogens with one attached hydrogen (secondary N) is 2. The van der Waals surface area contributed by atoms with Crippen molar-refractivity contribution in [3.63, 3.8) is 0 Å². The van der Waals surface area contributed by atoms with E-state index in [2.05, 4.69) is 26.6 Å². The van der Waals surface area contributed by atoms with Gasteiger partial charge in [-0.15, -0.1) is 0 Å². The molecule has 0 saturated carbocycles. The summed E-state index contributed by atoms with van der Waals surface area (Å²) in [5.41, 5.74) is 1.05. The molecule has 0 radical (unpaired) electrons. The largest absolute Gasteiger partial charge is 0.490 e. The molecule has 0 spiro atoms. The molecule has 0 atom stereocenters. The zero-order valence-corrected chi connectivity index (χ0v) is 15.8. The third-order valence-electron chi connectivity index (χ3n) is 3.28. The van der Waals surface area contributed by atoms with Crippen LogP contribution in [-0.2, 0) is 0 Å². The van der Waals surface area contributed by atoms with Gasteiger partial charge in [0.2, 0.25) is 0 Å². The summed E-state index contributed by atoms with van der Waals surface area (Å²) in [5.74, 6) is 0.139. The Morgan fingerprint density at radius 1 is 1.00 bits per heavy atom. The first-order valence-corrected chi connectivity index (χ1v) is 8.84. The number of carbonyl (C=O) groups excluding carboxylic acids is 2. The fraction of sp³-hybridized carbons (Fsp3) is 0.263. The normalized spacial score (nSPS) is 10.4. The Balaban J connectivity index is 1.84. The molecule has 5 nitrogen and oxygen atoms in total. The number of halogens is 1. The fourth-order valence-corrected chi connectivity index (χ4v) is 2.59. The summed E-state index contributed by atoms with van der Waals surface area (Å²) in [4.78, 5) is 24.3. The standard InChI is InChI=1S/C19H21BrN2O3/c1-13(2)25-17-9-4-3-8-16(17)19(24)22-11-10-21-18(23)14-6-5-7-15(20)12-14/h3-9,12-13H,10-11H2,1-2H3,(H,21,23)(H,22,24). The van der Waals surface area contributed by atoms with Crippen LogP contribution in [0.2, 0.25) is 0 Å². The molecule has 0 aliphatic heterocycles. The van der Waals surface area contributed by atoms with Crippen molar-refractivity contribution in [3.05, 3.63) is 64.1 Å². The van der Waals surface area contributed by atoms with E-state index in [-0.39, 0.29) is 17.9 Å². The van der Waals surface area contributed by atoms with Gasteiger partial charge in [-0.3, -0.25) is 9.59 Å². The topological polar surface area (TPSA) is 67.4 Å². The highest BCUT2D eigenvalue weighted by atomic mass is 79.9. The molecule has 2 amide bonds. The molecule has 0 aliphatic carbocycles. The van der Waals surface area contributed by atoms with Gasteiger partial charge >= 0.3 is 0 Å². The molecular weight excluding hydrogens is 384 g/mol. The van der Waals surface area contributed by atoms with E-state index < -0.39 is 0 Å². The molecule has 6 heteroatoms. The summed E-state index contributed by atoms with van der Waals surface area (Å²) in [6.07, 6.45) is -0.0153. The maximum absolute atomic E-state index is 12.3. The molecule has 2 N–H and O–H groups in total. The first-order valence-electron chi connectivity index (χ1n) is 8.05. The van der Waals surface area contributed by atoms with E-state index in [0.717, 1.165) is 4.47 Å². The van der Waals surface area contributed by atoms with E-state index in [1.807, 2.05) is 26.0 Å². The van der Waals surface area contributed by atoms with E-state index in [0.29, 0.717) is 30.0 Å². The quantitative estimate of drug-likeness (QED) is 0.694. The van der Waals surface area contributed by atoms with Gasteiger partial charge in [-0.1, -0.05) is 34.1 Å². The highest BCUT2D eigenvalue weighted by molar-refractivity contribution is 9.10. The highest BCUT2D eigenvalue weighted by Gasteiger charge is 2.12. The molecule has 0 bridgehead atoms. The number of hydrogen-bond acceptors (Lipinski definition) is 3. The lowest BCUT2D eigenvalue weighted by atomic mass is 10.2. The van der Waals surface area contributed by atoms with Crippen molar-refractivity contribution < 1.29 is 14.3 Å². The molecule has 0 unspecified atom stereocenters. The summed E-state index contributed by atoms with van der Waals surface area (Å²) in [6, 6.07) is 14.2. The average Bonchev–Trinajstić information content (AvgIpc) is 2.58. The summed E-state index contributed by atoms with van der Waals surface area (Å²) >= 11 is 3.33. The van der Waals surface area contributed by atoms with Gasteiger partial charge in [0.05, 0.1) is 11.7 Å². The van der Waals surface area contributed by atoms with Crippen molar-refractivity contribution in [2.75, 3.05) is 13.1 Å². The molecule has 2 aromatic carbocycles. The minimum Gasteiger partial charge on any atom is -0.490 e. The summed E-state index contributed by atoms with van der Waals surface area (Å²) in [6.45, 7) is 4.48. The van der Waals surface area contributed by atoms with Crippen LogP contribution in [0.15, 0.2) is 53.0 Å². The van der Waals surface area contributed by atoms with Gasteiger partial charge in [-0.25, -0.2) is 0 Å². The third kappa shape index (κ3) is 5.90. The number of rotatable bonds is 7. The summed E-state index contributed by atoms with van der Waals surface area (Å²) in [7, 11) is 0. The monoisotopic (exact) mass is 404 g/mol. The van der Waals surface area contributed by atoms with Crippen molar-refractivity contribution >= 4 is 27.7 Å². The minimum atomic E-state index is -0.229. The van der Waals surface area contributed by atoms with Crippen LogP contribution in [0.4, 0.5) is 0 Å². The zero-order chi connectivity index (χ0) is 18.2. The van der Waals surface area contributed by atoms with Crippen molar-refractivity contribution in [1.82, 2.24) is 10.6 Å². The van der Waals surface area contributed by atoms with Gasteiger partial charge < -0.3 is 15.4 Å². The minimum absolute atomic E-state index is 0.0153. The highest BCUT2D eigenvalue weighted by Crippen LogP contribution is 2.19. The Morgan fingerprint density at radius 2 is 1.68 bits per heavy atom. The van der Waals surface area contributed by atoms with Crippen molar-refractivity contribution in [3.8, 4) is 5.75 Å². The number of hydrogen-bond donors (Lipinski definition) is 2. The van der Waals surface area contributed by atoms with Crippen molar-refractivity contribution in [1.29, 1.82) is 0 Å². The zero-order valence-electron chi connectivity index (χ0n) is 14.2. The second-order valence-electron chi connectivity index (χ2n) is 5.68. The number of para-hydroxylation sites is 1. The average molecular weight is 405 g/mol. The van der Waals surface area contributed by atoms with Gasteiger partial charge in [-0.05, 0) is 44.2 Å². The fourth-order valence-electron chi connectivity index (χ4n) is 2.19. The Morgan fingerprint density at radius 3 is 2.36 bits per heavy atom. The van der Waals surface area contributed by atoms with E-state index in [4.69, 9.17) is 4.74 Å². The van der Waals surface area contributed by atoms with Crippen molar-refractivity contribution in [2.45, 2.75) is 20.0 Å². The van der Waals surface area contributed by atoms with E-state index >= 15 is 0 Å². The van der Waals surface area contributed by atoms with E-state index in [1.54, 1.807) is 36.4 Å². The lowest BCUT2D eigenvalue weighted by Crippen LogP contribution is -2.34. The van der Waals surface area contributed by atoms with Crippen LogP contribution in [-0.4, -0.2) is 31.0 Å². The van der Waals surface area contributed by atoms with Crippen LogP contribution >= 0.6 is 15.9 Å². The van der Waals surface area contributed by atoms with Gasteiger partial charge in [-0.2, -0.15) is 0 Å². The Labute approximate surface area is 155 Å². The van der Waals surface area contributed by atoms with E-state index in [9.17, 15) is 9.59 Å². The van der Waals surface area contributed by atoms with Crippen LogP contribution in [0, 0.1) is 0 Å². The molecule has 0 aliphatic rings. The molecular formula is C19H21BrN2O3. The Hall–Kier alpha value is -2.34. The third-order valence-corrected chi connectivity index (χ3v) is 3.77. The molecule has 0 heterocycles. The van der Waals surface area contributed by atoms with Gasteiger partial charge in [0, 0.05) is 23.1 Å². The number of carbonyl (C=O) groups is 2. The molecule has 0 fully saturated rings. The lowest BCUT2D eigenvalue weighted by Gasteiger charge is -2.14. The number of ether oxygens (including phenoxy) is 1. The first kappa shape index (κ1) is 19.0. The molecule has 2 aromatic rings. The molecule has 0 aromatic heterocycles. The molecule has 2 rings (SSSR count). The second-order valence-corrected chi connectivity index (χ2v) is 6.60. The van der Waals surface area contributed by atoms with E-state index in [1.165, 1.54) is 0 Å². The van der Waals surface area contributed by atoms with Gasteiger partial charge in [0.1, 0.15) is 5.75 Å². The van der Waals surface area contributed by atoms with Crippen molar-refractivity contribution in [2.24, 2.45) is 0 Å². The maximum atomic E-state index is 12.3. The Bertz CT molecular complexity index is 747. The Kier molecular flexibility index (Phi) is 7.01. The second kappa shape index (κ2) is 9.22. The van der Waals surface area contributed by atoms with Crippen LogP contribution in [0.5, 0.6) is 5.75 Å². The van der Waals surface area contributed by atoms with Crippen LogP contribution < -0.4 is 15.4 Å². The SMILES string of the molecule is CC(C)Oc1ccccc1C(=O)NCCNC(=O)c1cccc(Br)c1. The number of amides is 2. The van der Waals surface area contributed by atoms with Crippen LogP contribution in [0.25, 0.3) is 0 Å². The molecule has 132 valence electrons. The summed E-state index contributed by atoms with van der Waals surface area (Å²) in [5, 5.41) is 5.56. The first-order chi connectivity index (χ1) is 12.0. The molecule has 25 heavy (non-hydrogen) atoms. The van der Waals surface area contributed by atoms with Crippen LogP contribution in [0.3, 0.4) is 0 Å².